The Balaban J connectivity index is 2.14. The molecule has 20 heavy (non-hydrogen) atoms. The molecule has 6 nitrogen and oxygen atoms in total. The van der Waals surface area contributed by atoms with E-state index in [1.807, 2.05) is 6.92 Å². The summed E-state index contributed by atoms with van der Waals surface area (Å²) in [5.41, 5.74) is 0. The molecule has 0 bridgehead atoms. The van der Waals surface area contributed by atoms with Crippen LogP contribution in [-0.4, -0.2) is 74.1 Å². The zero-order valence-corrected chi connectivity index (χ0v) is 12.6. The van der Waals surface area contributed by atoms with Gasteiger partial charge in [-0.2, -0.15) is 0 Å². The second kappa shape index (κ2) is 10.1. The molecule has 0 aliphatic carbocycles. The predicted octanol–water partition coefficient (Wildman–Crippen LogP) is 0.000900. The smallest absolute Gasteiger partial charge is 0.239 e. The van der Waals surface area contributed by atoms with Crippen LogP contribution < -0.4 is 5.32 Å². The quantitative estimate of drug-likeness (QED) is 0.585. The lowest BCUT2D eigenvalue weighted by atomic mass is 10.2. The molecule has 1 aliphatic heterocycles. The summed E-state index contributed by atoms with van der Waals surface area (Å²) < 4.78 is 10.6. The second-order valence-corrected chi connectivity index (χ2v) is 5.15. The van der Waals surface area contributed by atoms with Gasteiger partial charge in [0, 0.05) is 26.2 Å². The zero-order chi connectivity index (χ0) is 14.8. The van der Waals surface area contributed by atoms with Crippen molar-refractivity contribution >= 4 is 5.91 Å². The topological polar surface area (TPSA) is 71.0 Å². The van der Waals surface area contributed by atoms with E-state index in [0.717, 1.165) is 12.8 Å². The summed E-state index contributed by atoms with van der Waals surface area (Å²) in [6.45, 7) is 7.77. The van der Waals surface area contributed by atoms with Crippen LogP contribution in [0, 0.1) is 0 Å². The molecule has 6 heteroatoms. The summed E-state index contributed by atoms with van der Waals surface area (Å²) in [7, 11) is 0. The van der Waals surface area contributed by atoms with Crippen LogP contribution in [0.1, 0.15) is 26.7 Å². The van der Waals surface area contributed by atoms with Crippen LogP contribution in [0.4, 0.5) is 0 Å². The van der Waals surface area contributed by atoms with Gasteiger partial charge in [-0.3, -0.25) is 4.79 Å². The zero-order valence-electron chi connectivity index (χ0n) is 12.6. The van der Waals surface area contributed by atoms with E-state index < -0.39 is 6.10 Å². The minimum absolute atomic E-state index is 0.0624. The van der Waals surface area contributed by atoms with Gasteiger partial charge < -0.3 is 24.8 Å². The predicted molar refractivity (Wildman–Crippen MR) is 76.6 cm³/mol. The first-order chi connectivity index (χ1) is 9.65. The normalized spacial score (nSPS) is 18.9. The van der Waals surface area contributed by atoms with Gasteiger partial charge in [0.25, 0.3) is 0 Å². The maximum absolute atomic E-state index is 12.1. The van der Waals surface area contributed by atoms with Crippen LogP contribution in [0.3, 0.4) is 0 Å². The number of amides is 1. The van der Waals surface area contributed by atoms with E-state index in [9.17, 15) is 9.90 Å². The first kappa shape index (κ1) is 17.4. The van der Waals surface area contributed by atoms with E-state index in [1.54, 1.807) is 4.90 Å². The number of hydrogen-bond donors (Lipinski definition) is 2. The standard InChI is InChI=1S/C14H28N2O4/c1-3-4-7-20-11-13(17)10-15-12(2)14(18)16-5-8-19-9-6-16/h12-13,15,17H,3-11H2,1-2H3. The van der Waals surface area contributed by atoms with Gasteiger partial charge in [0.1, 0.15) is 0 Å². The van der Waals surface area contributed by atoms with E-state index in [0.29, 0.717) is 46.1 Å². The molecule has 1 amide bonds. The minimum atomic E-state index is -0.577. The van der Waals surface area contributed by atoms with Gasteiger partial charge in [0.2, 0.25) is 5.91 Å². The van der Waals surface area contributed by atoms with Crippen molar-refractivity contribution < 1.29 is 19.4 Å². The molecule has 0 radical (unpaired) electrons. The summed E-state index contributed by atoms with van der Waals surface area (Å²) in [5, 5.41) is 12.8. The van der Waals surface area contributed by atoms with Crippen LogP contribution >= 0.6 is 0 Å². The second-order valence-electron chi connectivity index (χ2n) is 5.15. The van der Waals surface area contributed by atoms with Gasteiger partial charge in [-0.25, -0.2) is 0 Å². The molecular formula is C14H28N2O4. The highest BCUT2D eigenvalue weighted by molar-refractivity contribution is 5.81. The fourth-order valence-corrected chi connectivity index (χ4v) is 1.98. The van der Waals surface area contributed by atoms with Crippen molar-refractivity contribution in [3.63, 3.8) is 0 Å². The Morgan fingerprint density at radius 2 is 2.15 bits per heavy atom. The minimum Gasteiger partial charge on any atom is -0.389 e. The SMILES string of the molecule is CCCCOCC(O)CNC(C)C(=O)N1CCOCC1. The number of unbranched alkanes of at least 4 members (excludes halogenated alkanes) is 1. The molecule has 2 atom stereocenters. The van der Waals surface area contributed by atoms with Crippen molar-refractivity contribution in [3.8, 4) is 0 Å². The van der Waals surface area contributed by atoms with Crippen LogP contribution in [0.25, 0.3) is 0 Å². The molecular weight excluding hydrogens is 260 g/mol. The van der Waals surface area contributed by atoms with Gasteiger partial charge in [0.15, 0.2) is 0 Å². The summed E-state index contributed by atoms with van der Waals surface area (Å²) >= 11 is 0. The van der Waals surface area contributed by atoms with Gasteiger partial charge in [-0.1, -0.05) is 13.3 Å². The third-order valence-corrected chi connectivity index (χ3v) is 3.31. The van der Waals surface area contributed by atoms with Gasteiger partial charge in [-0.05, 0) is 13.3 Å². The fourth-order valence-electron chi connectivity index (χ4n) is 1.98. The number of carbonyl (C=O) groups is 1. The maximum atomic E-state index is 12.1. The molecule has 2 unspecified atom stereocenters. The summed E-state index contributed by atoms with van der Waals surface area (Å²) in [6, 6.07) is -0.293. The molecule has 0 spiro atoms. The van der Waals surface area contributed by atoms with E-state index in [1.165, 1.54) is 0 Å². The molecule has 1 fully saturated rings. The van der Waals surface area contributed by atoms with E-state index in [4.69, 9.17) is 9.47 Å². The number of aliphatic hydroxyl groups is 1. The lowest BCUT2D eigenvalue weighted by Crippen LogP contribution is -2.50. The van der Waals surface area contributed by atoms with Crippen molar-refractivity contribution in [1.82, 2.24) is 10.2 Å². The summed E-state index contributed by atoms with van der Waals surface area (Å²) in [5.74, 6) is 0.0624. The Labute approximate surface area is 121 Å². The molecule has 118 valence electrons. The molecule has 2 N–H and O–H groups in total. The number of aliphatic hydroxyl groups excluding tert-OH is 1. The maximum Gasteiger partial charge on any atom is 0.239 e. The highest BCUT2D eigenvalue weighted by atomic mass is 16.5. The molecule has 1 rings (SSSR count). The Bertz CT molecular complexity index is 270. The lowest BCUT2D eigenvalue weighted by molar-refractivity contribution is -0.137. The molecule has 0 aromatic heterocycles. The van der Waals surface area contributed by atoms with E-state index >= 15 is 0 Å². The third kappa shape index (κ3) is 6.65. The summed E-state index contributed by atoms with van der Waals surface area (Å²) in [4.78, 5) is 13.9. The van der Waals surface area contributed by atoms with Gasteiger partial charge in [-0.15, -0.1) is 0 Å². The number of ether oxygens (including phenoxy) is 2. The number of nitrogens with zero attached hydrogens (tertiary/aromatic N) is 1. The molecule has 0 saturated carbocycles. The number of morpholine rings is 1. The third-order valence-electron chi connectivity index (χ3n) is 3.31. The van der Waals surface area contributed by atoms with E-state index in [2.05, 4.69) is 12.2 Å². The first-order valence-corrected chi connectivity index (χ1v) is 7.50. The molecule has 1 aliphatic rings. The average molecular weight is 288 g/mol. The Morgan fingerprint density at radius 1 is 1.45 bits per heavy atom. The Morgan fingerprint density at radius 3 is 2.80 bits per heavy atom. The monoisotopic (exact) mass is 288 g/mol. The number of rotatable bonds is 9. The highest BCUT2D eigenvalue weighted by Gasteiger charge is 2.22. The largest absolute Gasteiger partial charge is 0.389 e. The van der Waals surface area contributed by atoms with Crippen LogP contribution in [0.15, 0.2) is 0 Å². The fraction of sp³-hybridized carbons (Fsp3) is 0.929. The van der Waals surface area contributed by atoms with Crippen LogP contribution in [-0.2, 0) is 14.3 Å². The highest BCUT2D eigenvalue weighted by Crippen LogP contribution is 2.00. The first-order valence-electron chi connectivity index (χ1n) is 7.50. The van der Waals surface area contributed by atoms with Gasteiger partial charge >= 0.3 is 0 Å². The Hall–Kier alpha value is -0.690. The van der Waals surface area contributed by atoms with Crippen molar-refractivity contribution in [2.75, 3.05) is 46.1 Å². The van der Waals surface area contributed by atoms with E-state index in [-0.39, 0.29) is 11.9 Å². The number of nitrogens with one attached hydrogen (secondary N) is 1. The molecule has 0 aromatic rings. The van der Waals surface area contributed by atoms with Crippen molar-refractivity contribution in [3.05, 3.63) is 0 Å². The Kier molecular flexibility index (Phi) is 8.77. The number of hydrogen-bond acceptors (Lipinski definition) is 5. The number of carbonyl (C=O) groups excluding carboxylic acids is 1. The van der Waals surface area contributed by atoms with Crippen LogP contribution in [0.5, 0.6) is 0 Å². The van der Waals surface area contributed by atoms with Crippen LogP contribution in [0.2, 0.25) is 0 Å². The molecule has 0 aromatic carbocycles. The van der Waals surface area contributed by atoms with Crippen molar-refractivity contribution in [2.24, 2.45) is 0 Å². The average Bonchev–Trinajstić information content (AvgIpc) is 2.49. The van der Waals surface area contributed by atoms with Crippen molar-refractivity contribution in [2.45, 2.75) is 38.8 Å². The molecule has 1 heterocycles. The lowest BCUT2D eigenvalue weighted by Gasteiger charge is -2.29. The van der Waals surface area contributed by atoms with Crippen molar-refractivity contribution in [1.29, 1.82) is 0 Å². The molecule has 1 saturated heterocycles. The summed E-state index contributed by atoms with van der Waals surface area (Å²) in [6.07, 6.45) is 1.51. The van der Waals surface area contributed by atoms with Gasteiger partial charge in [0.05, 0.1) is 32.0 Å².